The van der Waals surface area contributed by atoms with Gasteiger partial charge in [0.2, 0.25) is 15.9 Å². The molecule has 2 N–H and O–H groups in total. The molecule has 1 aromatic heterocycles. The summed E-state index contributed by atoms with van der Waals surface area (Å²) < 4.78 is 27.8. The van der Waals surface area contributed by atoms with Crippen molar-refractivity contribution in [3.05, 3.63) is 45.1 Å². The molecule has 8 heteroatoms. The first-order valence-electron chi connectivity index (χ1n) is 5.97. The van der Waals surface area contributed by atoms with Gasteiger partial charge >= 0.3 is 0 Å². The van der Waals surface area contributed by atoms with Gasteiger partial charge < -0.3 is 5.32 Å². The molecule has 0 atom stereocenters. The lowest BCUT2D eigenvalue weighted by Crippen LogP contribution is -2.23. The van der Waals surface area contributed by atoms with E-state index in [2.05, 4.69) is 26.0 Å². The zero-order valence-electron chi connectivity index (χ0n) is 11.1. The number of halogens is 1. The second-order valence-corrected chi connectivity index (χ2v) is 7.84. The summed E-state index contributed by atoms with van der Waals surface area (Å²) in [5.74, 6) is -0.203. The molecule has 1 heterocycles. The molecule has 0 radical (unpaired) electrons. The lowest BCUT2D eigenvalue weighted by Gasteiger charge is -2.07. The zero-order valence-corrected chi connectivity index (χ0v) is 14.3. The average Bonchev–Trinajstić information content (AvgIpc) is 2.82. The highest BCUT2D eigenvalue weighted by Gasteiger charge is 2.14. The summed E-state index contributed by atoms with van der Waals surface area (Å²) in [5, 5.41) is 4.47. The largest absolute Gasteiger partial charge is 0.326 e. The molecule has 0 unspecified atom stereocenters. The summed E-state index contributed by atoms with van der Waals surface area (Å²) in [5.41, 5.74) is 0.558. The zero-order chi connectivity index (χ0) is 15.5. The van der Waals surface area contributed by atoms with Gasteiger partial charge in [0.1, 0.15) is 0 Å². The smallest absolute Gasteiger partial charge is 0.240 e. The van der Waals surface area contributed by atoms with Crippen molar-refractivity contribution in [1.29, 1.82) is 0 Å². The Morgan fingerprint density at radius 1 is 1.24 bits per heavy atom. The molecule has 0 saturated carbocycles. The number of thiophene rings is 1. The molecule has 21 heavy (non-hydrogen) atoms. The van der Waals surface area contributed by atoms with Crippen LogP contribution in [0, 0.1) is 0 Å². The Hall–Kier alpha value is -1.22. The van der Waals surface area contributed by atoms with Crippen LogP contribution in [0.1, 0.15) is 11.8 Å². The van der Waals surface area contributed by atoms with E-state index in [1.54, 1.807) is 12.1 Å². The van der Waals surface area contributed by atoms with Crippen LogP contribution in [0.2, 0.25) is 0 Å². The van der Waals surface area contributed by atoms with Crippen LogP contribution in [0.25, 0.3) is 0 Å². The molecule has 0 saturated heterocycles. The summed E-state index contributed by atoms with van der Waals surface area (Å²) >= 11 is 4.83. The van der Waals surface area contributed by atoms with Gasteiger partial charge in [0, 0.05) is 28.5 Å². The number of amides is 1. The number of carbonyl (C=O) groups is 1. The molecule has 0 bridgehead atoms. The molecule has 0 spiro atoms. The highest BCUT2D eigenvalue weighted by atomic mass is 79.9. The van der Waals surface area contributed by atoms with Gasteiger partial charge in [-0.05, 0) is 51.6 Å². The Bertz CT molecular complexity index is 739. The number of carbonyl (C=O) groups excluding carboxylic acids is 1. The Morgan fingerprint density at radius 2 is 1.90 bits per heavy atom. The summed E-state index contributed by atoms with van der Waals surface area (Å²) in [7, 11) is -3.58. The molecule has 1 aromatic carbocycles. The van der Waals surface area contributed by atoms with E-state index in [0.717, 1.165) is 9.35 Å². The van der Waals surface area contributed by atoms with Crippen molar-refractivity contribution in [2.24, 2.45) is 0 Å². The maximum Gasteiger partial charge on any atom is 0.240 e. The van der Waals surface area contributed by atoms with Gasteiger partial charge in [0.15, 0.2) is 0 Å². The first-order valence-corrected chi connectivity index (χ1v) is 9.13. The molecule has 0 aliphatic carbocycles. The van der Waals surface area contributed by atoms with E-state index in [0.29, 0.717) is 5.69 Å². The summed E-state index contributed by atoms with van der Waals surface area (Å²) in [4.78, 5) is 12.0. The minimum atomic E-state index is -3.58. The average molecular weight is 389 g/mol. The lowest BCUT2D eigenvalue weighted by molar-refractivity contribution is -0.114. The van der Waals surface area contributed by atoms with Gasteiger partial charge in [-0.1, -0.05) is 0 Å². The monoisotopic (exact) mass is 388 g/mol. The van der Waals surface area contributed by atoms with Gasteiger partial charge in [0.05, 0.1) is 4.90 Å². The molecule has 2 rings (SSSR count). The highest BCUT2D eigenvalue weighted by molar-refractivity contribution is 9.10. The van der Waals surface area contributed by atoms with E-state index in [1.165, 1.54) is 30.4 Å². The second kappa shape index (κ2) is 6.69. The Morgan fingerprint density at radius 3 is 2.43 bits per heavy atom. The Labute approximate surface area is 135 Å². The third-order valence-corrected chi connectivity index (χ3v) is 5.94. The van der Waals surface area contributed by atoms with Crippen molar-refractivity contribution < 1.29 is 13.2 Å². The van der Waals surface area contributed by atoms with Crippen molar-refractivity contribution in [2.75, 3.05) is 5.32 Å². The van der Waals surface area contributed by atoms with Crippen LogP contribution in [0.15, 0.2) is 45.1 Å². The molecule has 0 fully saturated rings. The van der Waals surface area contributed by atoms with Crippen LogP contribution in [0.5, 0.6) is 0 Å². The van der Waals surface area contributed by atoms with E-state index in [9.17, 15) is 13.2 Å². The van der Waals surface area contributed by atoms with Gasteiger partial charge in [-0.25, -0.2) is 13.1 Å². The van der Waals surface area contributed by atoms with Crippen LogP contribution < -0.4 is 10.0 Å². The van der Waals surface area contributed by atoms with E-state index >= 15 is 0 Å². The molecule has 0 aliphatic rings. The van der Waals surface area contributed by atoms with Crippen molar-refractivity contribution in [3.8, 4) is 0 Å². The Balaban J connectivity index is 2.08. The van der Waals surface area contributed by atoms with Gasteiger partial charge in [-0.15, -0.1) is 11.3 Å². The SMILES string of the molecule is CC(=O)Nc1ccc(S(=O)(=O)NCc2sccc2Br)cc1. The van der Waals surface area contributed by atoms with E-state index in [1.807, 2.05) is 11.4 Å². The highest BCUT2D eigenvalue weighted by Crippen LogP contribution is 2.23. The number of benzene rings is 1. The number of rotatable bonds is 5. The van der Waals surface area contributed by atoms with E-state index in [4.69, 9.17) is 0 Å². The predicted molar refractivity (Wildman–Crippen MR) is 86.8 cm³/mol. The van der Waals surface area contributed by atoms with Crippen molar-refractivity contribution in [3.63, 3.8) is 0 Å². The number of hydrogen-bond acceptors (Lipinski definition) is 4. The maximum atomic E-state index is 12.2. The standard InChI is InChI=1S/C13H13BrN2O3S2/c1-9(17)16-10-2-4-11(5-3-10)21(18,19)15-8-13-12(14)6-7-20-13/h2-7,15H,8H2,1H3,(H,16,17). The fraction of sp³-hybridized carbons (Fsp3) is 0.154. The summed E-state index contributed by atoms with van der Waals surface area (Å²) in [6.07, 6.45) is 0. The van der Waals surface area contributed by atoms with Crippen LogP contribution in [-0.4, -0.2) is 14.3 Å². The van der Waals surface area contributed by atoms with Gasteiger partial charge in [-0.2, -0.15) is 0 Å². The molecule has 112 valence electrons. The number of sulfonamides is 1. The van der Waals surface area contributed by atoms with Gasteiger partial charge in [0.25, 0.3) is 0 Å². The molecular weight excluding hydrogens is 376 g/mol. The molecule has 1 amide bonds. The molecule has 2 aromatic rings. The van der Waals surface area contributed by atoms with Crippen LogP contribution in [-0.2, 0) is 21.4 Å². The predicted octanol–water partition coefficient (Wildman–Crippen LogP) is 2.95. The minimum absolute atomic E-state index is 0.157. The van der Waals surface area contributed by atoms with Gasteiger partial charge in [-0.3, -0.25) is 4.79 Å². The Kier molecular flexibility index (Phi) is 5.15. The first kappa shape index (κ1) is 16.2. The lowest BCUT2D eigenvalue weighted by atomic mass is 10.3. The van der Waals surface area contributed by atoms with Crippen molar-refractivity contribution >= 4 is 48.9 Å². The van der Waals surface area contributed by atoms with Crippen molar-refractivity contribution in [1.82, 2.24) is 4.72 Å². The van der Waals surface area contributed by atoms with Crippen molar-refractivity contribution in [2.45, 2.75) is 18.4 Å². The first-order chi connectivity index (χ1) is 9.88. The van der Waals surface area contributed by atoms with Crippen LogP contribution in [0.3, 0.4) is 0 Å². The topological polar surface area (TPSA) is 75.3 Å². The normalized spacial score (nSPS) is 11.3. The van der Waals surface area contributed by atoms with E-state index in [-0.39, 0.29) is 17.3 Å². The van der Waals surface area contributed by atoms with E-state index < -0.39 is 10.0 Å². The quantitative estimate of drug-likeness (QED) is 0.826. The summed E-state index contributed by atoms with van der Waals surface area (Å²) in [6, 6.07) is 7.89. The molecular formula is C13H13BrN2O3S2. The second-order valence-electron chi connectivity index (χ2n) is 4.22. The third-order valence-electron chi connectivity index (χ3n) is 2.60. The number of anilines is 1. The van der Waals surface area contributed by atoms with Crippen LogP contribution >= 0.6 is 27.3 Å². The maximum absolute atomic E-state index is 12.2. The third kappa shape index (κ3) is 4.37. The minimum Gasteiger partial charge on any atom is -0.326 e. The summed E-state index contributed by atoms with van der Waals surface area (Å²) in [6.45, 7) is 1.62. The number of hydrogen-bond donors (Lipinski definition) is 2. The fourth-order valence-corrected chi connectivity index (χ4v) is 4.13. The fourth-order valence-electron chi connectivity index (χ4n) is 1.62. The molecule has 5 nitrogen and oxygen atoms in total. The van der Waals surface area contributed by atoms with Crippen LogP contribution in [0.4, 0.5) is 5.69 Å². The number of nitrogens with one attached hydrogen (secondary N) is 2. The molecule has 0 aliphatic heterocycles.